The van der Waals surface area contributed by atoms with Crippen LogP contribution >= 0.6 is 0 Å². The Morgan fingerprint density at radius 1 is 0.600 bits per heavy atom. The van der Waals surface area contributed by atoms with E-state index < -0.39 is 0 Å². The van der Waals surface area contributed by atoms with Gasteiger partial charge in [-0.2, -0.15) is 0 Å². The molecule has 2 nitrogen and oxygen atoms in total. The second kappa shape index (κ2) is 4.22. The molecule has 0 heterocycles. The minimum absolute atomic E-state index is 0.707. The first kappa shape index (κ1) is 11.3. The van der Waals surface area contributed by atoms with Crippen LogP contribution in [0.25, 0.3) is 32.3 Å². The van der Waals surface area contributed by atoms with Crippen LogP contribution in [0.4, 0.5) is 5.69 Å². The van der Waals surface area contributed by atoms with E-state index in [1.54, 1.807) is 0 Å². The molecule has 96 valence electrons. The average molecular weight is 259 g/mol. The fourth-order valence-electron chi connectivity index (χ4n) is 2.89. The zero-order valence-electron chi connectivity index (χ0n) is 10.8. The SMILES string of the molecule is ONc1ccc2ccc3c4ccccc4ccc3c2c1. The fourth-order valence-corrected chi connectivity index (χ4v) is 2.89. The molecule has 0 amide bonds. The van der Waals surface area contributed by atoms with E-state index in [1.165, 1.54) is 26.9 Å². The van der Waals surface area contributed by atoms with Crippen molar-refractivity contribution in [1.29, 1.82) is 0 Å². The van der Waals surface area contributed by atoms with Gasteiger partial charge in [0.1, 0.15) is 0 Å². The van der Waals surface area contributed by atoms with E-state index in [0.717, 1.165) is 5.39 Å². The molecule has 0 fully saturated rings. The maximum absolute atomic E-state index is 9.09. The molecule has 4 aromatic rings. The number of nitrogens with one attached hydrogen (secondary N) is 1. The standard InChI is InChI=1S/C18H13NO/c20-19-14-8-5-13-7-9-16-15-4-2-1-3-12(15)6-10-17(16)18(13)11-14/h1-11,19-20H. The molecule has 20 heavy (non-hydrogen) atoms. The Bertz CT molecular complexity index is 944. The van der Waals surface area contributed by atoms with Crippen molar-refractivity contribution >= 4 is 38.0 Å². The molecule has 0 unspecified atom stereocenters. The van der Waals surface area contributed by atoms with Crippen molar-refractivity contribution in [2.75, 3.05) is 5.48 Å². The monoisotopic (exact) mass is 259 g/mol. The van der Waals surface area contributed by atoms with Crippen molar-refractivity contribution < 1.29 is 5.21 Å². The Kier molecular flexibility index (Phi) is 2.38. The van der Waals surface area contributed by atoms with Gasteiger partial charge in [0, 0.05) is 0 Å². The third-order valence-electron chi connectivity index (χ3n) is 3.87. The van der Waals surface area contributed by atoms with E-state index in [9.17, 15) is 0 Å². The quantitative estimate of drug-likeness (QED) is 0.374. The van der Waals surface area contributed by atoms with Gasteiger partial charge < -0.3 is 0 Å². The lowest BCUT2D eigenvalue weighted by Crippen LogP contribution is -1.88. The van der Waals surface area contributed by atoms with E-state index in [-0.39, 0.29) is 0 Å². The normalized spacial score (nSPS) is 11.2. The smallest absolute Gasteiger partial charge is 0.0608 e. The number of hydrogen-bond acceptors (Lipinski definition) is 2. The predicted molar refractivity (Wildman–Crippen MR) is 84.4 cm³/mol. The molecule has 0 aliphatic heterocycles. The lowest BCUT2D eigenvalue weighted by Gasteiger charge is -2.08. The molecule has 2 heteroatoms. The summed E-state index contributed by atoms with van der Waals surface area (Å²) in [6, 6.07) is 22.9. The highest BCUT2D eigenvalue weighted by Gasteiger charge is 2.04. The summed E-state index contributed by atoms with van der Waals surface area (Å²) in [6.45, 7) is 0. The van der Waals surface area contributed by atoms with Crippen molar-refractivity contribution in [1.82, 2.24) is 0 Å². The highest BCUT2D eigenvalue weighted by atomic mass is 16.5. The molecule has 0 aliphatic rings. The summed E-state index contributed by atoms with van der Waals surface area (Å²) in [5, 5.41) is 16.4. The van der Waals surface area contributed by atoms with E-state index in [4.69, 9.17) is 5.21 Å². The number of hydrogen-bond donors (Lipinski definition) is 2. The third kappa shape index (κ3) is 1.55. The number of fused-ring (bicyclic) bond motifs is 5. The molecule has 0 atom stereocenters. The first-order valence-electron chi connectivity index (χ1n) is 6.61. The summed E-state index contributed by atoms with van der Waals surface area (Å²) < 4.78 is 0. The van der Waals surface area contributed by atoms with Gasteiger partial charge in [0.15, 0.2) is 0 Å². The van der Waals surface area contributed by atoms with Crippen molar-refractivity contribution in [2.24, 2.45) is 0 Å². The first-order chi connectivity index (χ1) is 9.86. The van der Waals surface area contributed by atoms with Gasteiger partial charge in [0.25, 0.3) is 0 Å². The summed E-state index contributed by atoms with van der Waals surface area (Å²) in [7, 11) is 0. The lowest BCUT2D eigenvalue weighted by molar-refractivity contribution is 0.389. The molecule has 0 bridgehead atoms. The van der Waals surface area contributed by atoms with Crippen LogP contribution in [0.3, 0.4) is 0 Å². The second-order valence-corrected chi connectivity index (χ2v) is 5.00. The van der Waals surface area contributed by atoms with Crippen LogP contribution in [0.1, 0.15) is 0 Å². The number of anilines is 1. The van der Waals surface area contributed by atoms with Crippen LogP contribution in [0.5, 0.6) is 0 Å². The van der Waals surface area contributed by atoms with Crippen LogP contribution in [-0.4, -0.2) is 5.21 Å². The van der Waals surface area contributed by atoms with Crippen LogP contribution in [-0.2, 0) is 0 Å². The molecular weight excluding hydrogens is 246 g/mol. The maximum Gasteiger partial charge on any atom is 0.0608 e. The molecule has 0 spiro atoms. The van der Waals surface area contributed by atoms with E-state index in [1.807, 2.05) is 18.2 Å². The Morgan fingerprint density at radius 3 is 2.05 bits per heavy atom. The van der Waals surface area contributed by atoms with Gasteiger partial charge in [-0.05, 0) is 44.5 Å². The minimum Gasteiger partial charge on any atom is -0.291 e. The molecule has 0 aromatic heterocycles. The first-order valence-corrected chi connectivity index (χ1v) is 6.61. The summed E-state index contributed by atoms with van der Waals surface area (Å²) >= 11 is 0. The maximum atomic E-state index is 9.09. The van der Waals surface area contributed by atoms with Crippen LogP contribution in [0, 0.1) is 0 Å². The molecule has 4 rings (SSSR count). The van der Waals surface area contributed by atoms with Crippen LogP contribution in [0.2, 0.25) is 0 Å². The lowest BCUT2D eigenvalue weighted by atomic mass is 9.97. The highest BCUT2D eigenvalue weighted by Crippen LogP contribution is 2.32. The zero-order valence-corrected chi connectivity index (χ0v) is 10.8. The summed E-state index contributed by atoms with van der Waals surface area (Å²) in [5.74, 6) is 0. The zero-order chi connectivity index (χ0) is 13.5. The van der Waals surface area contributed by atoms with Crippen LogP contribution < -0.4 is 5.48 Å². The third-order valence-corrected chi connectivity index (χ3v) is 3.87. The number of rotatable bonds is 1. The molecule has 2 N–H and O–H groups in total. The van der Waals surface area contributed by atoms with Crippen molar-refractivity contribution in [3.05, 3.63) is 66.7 Å². The number of benzene rings is 4. The fraction of sp³-hybridized carbons (Fsp3) is 0. The average Bonchev–Trinajstić information content (AvgIpc) is 2.53. The van der Waals surface area contributed by atoms with E-state index >= 15 is 0 Å². The predicted octanol–water partition coefficient (Wildman–Crippen LogP) is 4.95. The molecule has 0 radical (unpaired) electrons. The molecular formula is C18H13NO. The highest BCUT2D eigenvalue weighted by molar-refractivity contribution is 6.17. The van der Waals surface area contributed by atoms with Gasteiger partial charge in [-0.3, -0.25) is 10.7 Å². The van der Waals surface area contributed by atoms with E-state index in [2.05, 4.69) is 54.0 Å². The van der Waals surface area contributed by atoms with Crippen molar-refractivity contribution in [3.8, 4) is 0 Å². The Labute approximate surface area is 116 Å². The molecule has 4 aromatic carbocycles. The minimum atomic E-state index is 0.707. The van der Waals surface area contributed by atoms with E-state index in [0.29, 0.717) is 5.69 Å². The molecule has 0 aliphatic carbocycles. The Hall–Kier alpha value is -2.58. The van der Waals surface area contributed by atoms with Crippen molar-refractivity contribution in [2.45, 2.75) is 0 Å². The summed E-state index contributed by atoms with van der Waals surface area (Å²) in [4.78, 5) is 0. The van der Waals surface area contributed by atoms with Gasteiger partial charge >= 0.3 is 0 Å². The Balaban J connectivity index is 2.21. The second-order valence-electron chi connectivity index (χ2n) is 5.00. The largest absolute Gasteiger partial charge is 0.291 e. The van der Waals surface area contributed by atoms with Gasteiger partial charge in [-0.15, -0.1) is 0 Å². The van der Waals surface area contributed by atoms with Gasteiger partial charge in [0.05, 0.1) is 5.69 Å². The van der Waals surface area contributed by atoms with Crippen molar-refractivity contribution in [3.63, 3.8) is 0 Å². The molecule has 0 saturated carbocycles. The summed E-state index contributed by atoms with van der Waals surface area (Å²) in [5.41, 5.74) is 2.93. The summed E-state index contributed by atoms with van der Waals surface area (Å²) in [6.07, 6.45) is 0. The molecule has 0 saturated heterocycles. The van der Waals surface area contributed by atoms with Gasteiger partial charge in [-0.1, -0.05) is 54.6 Å². The van der Waals surface area contributed by atoms with Gasteiger partial charge in [-0.25, -0.2) is 0 Å². The topological polar surface area (TPSA) is 32.3 Å². The van der Waals surface area contributed by atoms with Crippen LogP contribution in [0.15, 0.2) is 66.7 Å². The Morgan fingerprint density at radius 2 is 1.25 bits per heavy atom. The van der Waals surface area contributed by atoms with Gasteiger partial charge in [0.2, 0.25) is 0 Å².